The summed E-state index contributed by atoms with van der Waals surface area (Å²) in [6, 6.07) is 9.83. The number of methoxy groups -OCH3 is 1. The third-order valence-corrected chi connectivity index (χ3v) is 2.80. The van der Waals surface area contributed by atoms with Crippen molar-refractivity contribution in [3.05, 3.63) is 35.9 Å². The highest BCUT2D eigenvalue weighted by Gasteiger charge is 2.39. The molecule has 0 N–H and O–H groups in total. The van der Waals surface area contributed by atoms with Gasteiger partial charge in [-0.25, -0.2) is 0 Å². The maximum absolute atomic E-state index is 11.2. The summed E-state index contributed by atoms with van der Waals surface area (Å²) in [7, 11) is 1.36. The topological polar surface area (TPSA) is 44.8 Å². The molecule has 1 aromatic rings. The molecule has 0 aromatic heterocycles. The lowest BCUT2D eigenvalue weighted by atomic mass is 10.1. The van der Waals surface area contributed by atoms with Gasteiger partial charge in [0.15, 0.2) is 5.79 Å². The first-order valence-electron chi connectivity index (χ1n) is 5.56. The molecule has 1 saturated heterocycles. The van der Waals surface area contributed by atoms with Crippen LogP contribution in [0.5, 0.6) is 0 Å². The molecular weight excluding hydrogens is 220 g/mol. The zero-order valence-electron chi connectivity index (χ0n) is 10.0. The van der Waals surface area contributed by atoms with Gasteiger partial charge in [-0.15, -0.1) is 0 Å². The van der Waals surface area contributed by atoms with Crippen LogP contribution in [0.15, 0.2) is 30.3 Å². The lowest BCUT2D eigenvalue weighted by Gasteiger charge is -2.21. The summed E-state index contributed by atoms with van der Waals surface area (Å²) in [4.78, 5) is 11.2. The van der Waals surface area contributed by atoms with E-state index >= 15 is 0 Å². The zero-order chi connectivity index (χ0) is 12.3. The number of carbonyl (C=O) groups is 1. The van der Waals surface area contributed by atoms with Gasteiger partial charge in [-0.2, -0.15) is 0 Å². The van der Waals surface area contributed by atoms with Gasteiger partial charge in [-0.05, 0) is 12.5 Å². The van der Waals surface area contributed by atoms with Gasteiger partial charge in [0.2, 0.25) is 0 Å². The van der Waals surface area contributed by atoms with Gasteiger partial charge < -0.3 is 14.2 Å². The van der Waals surface area contributed by atoms with Crippen LogP contribution in [0.2, 0.25) is 0 Å². The molecule has 0 amide bonds. The molecular formula is C13H16O4. The van der Waals surface area contributed by atoms with Gasteiger partial charge in [0.05, 0.1) is 20.1 Å². The quantitative estimate of drug-likeness (QED) is 0.753. The van der Waals surface area contributed by atoms with E-state index in [1.807, 2.05) is 30.3 Å². The molecule has 0 bridgehead atoms. The van der Waals surface area contributed by atoms with Gasteiger partial charge in [0.25, 0.3) is 0 Å². The number of carbonyl (C=O) groups excluding carboxylic acids is 1. The number of rotatable bonds is 3. The van der Waals surface area contributed by atoms with E-state index in [0.29, 0.717) is 6.61 Å². The van der Waals surface area contributed by atoms with Crippen molar-refractivity contribution >= 4 is 5.97 Å². The molecule has 2 unspecified atom stereocenters. The number of benzene rings is 1. The standard InChI is InChI=1S/C13H16O4/c1-13(8-12(14)15-2)16-9-11(17-13)10-6-4-3-5-7-10/h3-7,11H,8-9H2,1-2H3. The lowest BCUT2D eigenvalue weighted by molar-refractivity contribution is -0.178. The Hall–Kier alpha value is -1.39. The Morgan fingerprint density at radius 2 is 2.18 bits per heavy atom. The summed E-state index contributed by atoms with van der Waals surface area (Å²) < 4.78 is 16.0. The monoisotopic (exact) mass is 236 g/mol. The van der Waals surface area contributed by atoms with E-state index < -0.39 is 5.79 Å². The van der Waals surface area contributed by atoms with Crippen LogP contribution in [0.1, 0.15) is 25.0 Å². The van der Waals surface area contributed by atoms with Crippen molar-refractivity contribution in [2.24, 2.45) is 0 Å². The van der Waals surface area contributed by atoms with Crippen molar-refractivity contribution in [2.75, 3.05) is 13.7 Å². The maximum atomic E-state index is 11.2. The predicted molar refractivity (Wildman–Crippen MR) is 61.3 cm³/mol. The molecule has 0 aliphatic carbocycles. The van der Waals surface area contributed by atoms with Crippen LogP contribution in [0.3, 0.4) is 0 Å². The van der Waals surface area contributed by atoms with Crippen molar-refractivity contribution in [1.29, 1.82) is 0 Å². The summed E-state index contributed by atoms with van der Waals surface area (Å²) in [5.74, 6) is -1.21. The minimum Gasteiger partial charge on any atom is -0.469 e. The first kappa shape index (κ1) is 12.1. The Morgan fingerprint density at radius 3 is 2.82 bits per heavy atom. The Labute approximate surface area is 100 Å². The SMILES string of the molecule is COC(=O)CC1(C)OCC(c2ccccc2)O1. The minimum atomic E-state index is -0.881. The van der Waals surface area contributed by atoms with Crippen molar-refractivity contribution in [1.82, 2.24) is 0 Å². The average molecular weight is 236 g/mol. The molecule has 0 saturated carbocycles. The normalized spacial score (nSPS) is 28.0. The molecule has 92 valence electrons. The van der Waals surface area contributed by atoms with E-state index in [2.05, 4.69) is 4.74 Å². The Kier molecular flexibility index (Phi) is 3.45. The van der Waals surface area contributed by atoms with E-state index in [-0.39, 0.29) is 18.5 Å². The summed E-state index contributed by atoms with van der Waals surface area (Å²) in [5, 5.41) is 0. The summed E-state index contributed by atoms with van der Waals surface area (Å²) in [6.45, 7) is 2.21. The highest BCUT2D eigenvalue weighted by Crippen LogP contribution is 2.35. The summed E-state index contributed by atoms with van der Waals surface area (Å²) in [5.41, 5.74) is 1.06. The predicted octanol–water partition coefficient (Wildman–Crippen LogP) is 2.05. The van der Waals surface area contributed by atoms with Crippen LogP contribution in [-0.4, -0.2) is 25.5 Å². The summed E-state index contributed by atoms with van der Waals surface area (Å²) >= 11 is 0. The molecule has 1 heterocycles. The molecule has 1 aliphatic heterocycles. The highest BCUT2D eigenvalue weighted by molar-refractivity contribution is 5.70. The lowest BCUT2D eigenvalue weighted by Crippen LogP contribution is -2.29. The van der Waals surface area contributed by atoms with Crippen LogP contribution >= 0.6 is 0 Å². The minimum absolute atomic E-state index is 0.104. The molecule has 1 fully saturated rings. The molecule has 2 rings (SSSR count). The Morgan fingerprint density at radius 1 is 1.47 bits per heavy atom. The van der Waals surface area contributed by atoms with E-state index in [1.54, 1.807) is 6.92 Å². The molecule has 4 heteroatoms. The molecule has 4 nitrogen and oxygen atoms in total. The van der Waals surface area contributed by atoms with E-state index in [4.69, 9.17) is 9.47 Å². The van der Waals surface area contributed by atoms with Crippen LogP contribution < -0.4 is 0 Å². The van der Waals surface area contributed by atoms with Gasteiger partial charge >= 0.3 is 5.97 Å². The first-order valence-corrected chi connectivity index (χ1v) is 5.56. The zero-order valence-corrected chi connectivity index (χ0v) is 10.0. The van der Waals surface area contributed by atoms with Crippen LogP contribution in [-0.2, 0) is 19.0 Å². The fourth-order valence-corrected chi connectivity index (χ4v) is 1.88. The van der Waals surface area contributed by atoms with Crippen LogP contribution in [0.4, 0.5) is 0 Å². The fourth-order valence-electron chi connectivity index (χ4n) is 1.88. The smallest absolute Gasteiger partial charge is 0.310 e. The molecule has 17 heavy (non-hydrogen) atoms. The van der Waals surface area contributed by atoms with Gasteiger partial charge in [-0.3, -0.25) is 4.79 Å². The fraction of sp³-hybridized carbons (Fsp3) is 0.462. The third-order valence-electron chi connectivity index (χ3n) is 2.80. The second-order valence-electron chi connectivity index (χ2n) is 4.21. The maximum Gasteiger partial charge on any atom is 0.310 e. The van der Waals surface area contributed by atoms with Crippen molar-refractivity contribution < 1.29 is 19.0 Å². The molecule has 1 aromatic carbocycles. The van der Waals surface area contributed by atoms with E-state index in [0.717, 1.165) is 5.56 Å². The second-order valence-corrected chi connectivity index (χ2v) is 4.21. The Bertz CT molecular complexity index is 390. The van der Waals surface area contributed by atoms with Crippen LogP contribution in [0, 0.1) is 0 Å². The first-order chi connectivity index (χ1) is 8.13. The largest absolute Gasteiger partial charge is 0.469 e. The number of hydrogen-bond acceptors (Lipinski definition) is 4. The third kappa shape index (κ3) is 2.84. The van der Waals surface area contributed by atoms with Crippen molar-refractivity contribution in [3.8, 4) is 0 Å². The second kappa shape index (κ2) is 4.85. The summed E-state index contributed by atoms with van der Waals surface area (Å²) in [6.07, 6.45) is -0.0156. The van der Waals surface area contributed by atoms with Gasteiger partial charge in [0.1, 0.15) is 6.10 Å². The highest BCUT2D eigenvalue weighted by atomic mass is 16.7. The van der Waals surface area contributed by atoms with E-state index in [1.165, 1.54) is 7.11 Å². The van der Waals surface area contributed by atoms with Crippen LogP contribution in [0.25, 0.3) is 0 Å². The van der Waals surface area contributed by atoms with Gasteiger partial charge in [0, 0.05) is 0 Å². The number of esters is 1. The Balaban J connectivity index is 2.02. The van der Waals surface area contributed by atoms with Gasteiger partial charge in [-0.1, -0.05) is 30.3 Å². The van der Waals surface area contributed by atoms with Crippen molar-refractivity contribution in [2.45, 2.75) is 25.2 Å². The van der Waals surface area contributed by atoms with E-state index in [9.17, 15) is 4.79 Å². The average Bonchev–Trinajstić information content (AvgIpc) is 2.72. The number of hydrogen-bond donors (Lipinski definition) is 0. The molecule has 0 spiro atoms. The van der Waals surface area contributed by atoms with Crippen molar-refractivity contribution in [3.63, 3.8) is 0 Å². The molecule has 1 aliphatic rings. The number of ether oxygens (including phenoxy) is 3. The molecule has 2 atom stereocenters. The molecule has 0 radical (unpaired) electrons.